The minimum atomic E-state index is -1.86. The fourth-order valence-corrected chi connectivity index (χ4v) is 7.58. The van der Waals surface area contributed by atoms with Crippen LogP contribution in [0.5, 0.6) is 0 Å². The molecule has 0 bridgehead atoms. The highest BCUT2D eigenvalue weighted by molar-refractivity contribution is 6.66. The predicted octanol–water partition coefficient (Wildman–Crippen LogP) is 2.30. The van der Waals surface area contributed by atoms with Gasteiger partial charge in [-0.15, -0.1) is 0 Å². The smallest absolute Gasteiger partial charge is 0.334 e. The van der Waals surface area contributed by atoms with Gasteiger partial charge < -0.3 is 8.85 Å². The monoisotopic (exact) mass is 334 g/mol. The maximum atomic E-state index is 5.58. The lowest BCUT2D eigenvalue weighted by Gasteiger charge is -2.38. The lowest BCUT2D eigenvalue weighted by molar-refractivity contribution is 0.115. The van der Waals surface area contributed by atoms with E-state index >= 15 is 0 Å². The minimum Gasteiger partial charge on any atom is -0.398 e. The standard InChI is InChI=1S/C15H38N2O2Si2/c1-8-16(9-2)15(17(10-3)11-4)20-13-12-14-21(7,18-5)19-6/h15H,8-14,20H2,1-7H3. The first-order valence-corrected chi connectivity index (χ1v) is 12.9. The molecule has 0 aliphatic heterocycles. The molecule has 0 fully saturated rings. The van der Waals surface area contributed by atoms with Crippen LogP contribution in [0.15, 0.2) is 0 Å². The molecule has 0 saturated heterocycles. The average molecular weight is 335 g/mol. The highest BCUT2D eigenvalue weighted by Gasteiger charge is 2.28. The quantitative estimate of drug-likeness (QED) is 0.293. The molecule has 0 unspecified atom stereocenters. The van der Waals surface area contributed by atoms with E-state index in [4.69, 9.17) is 8.85 Å². The summed E-state index contributed by atoms with van der Waals surface area (Å²) in [5.41, 5.74) is 0. The van der Waals surface area contributed by atoms with Gasteiger partial charge in [0.05, 0.1) is 9.52 Å². The van der Waals surface area contributed by atoms with Crippen molar-refractivity contribution in [2.24, 2.45) is 0 Å². The maximum Gasteiger partial charge on any atom is 0.334 e. The molecule has 21 heavy (non-hydrogen) atoms. The van der Waals surface area contributed by atoms with E-state index in [2.05, 4.69) is 44.0 Å². The number of rotatable bonds is 13. The average Bonchev–Trinajstić information content (AvgIpc) is 2.52. The van der Waals surface area contributed by atoms with Gasteiger partial charge in [-0.2, -0.15) is 0 Å². The number of nitrogens with zero attached hydrogens (tertiary/aromatic N) is 2. The van der Waals surface area contributed by atoms with Crippen molar-refractivity contribution < 1.29 is 8.85 Å². The van der Waals surface area contributed by atoms with Crippen LogP contribution in [0.3, 0.4) is 0 Å². The van der Waals surface area contributed by atoms with Crippen molar-refractivity contribution in [3.05, 3.63) is 0 Å². The van der Waals surface area contributed by atoms with Gasteiger partial charge in [0.25, 0.3) is 0 Å². The van der Waals surface area contributed by atoms with Crippen LogP contribution < -0.4 is 0 Å². The molecule has 128 valence electrons. The van der Waals surface area contributed by atoms with E-state index in [1.807, 2.05) is 0 Å². The summed E-state index contributed by atoms with van der Waals surface area (Å²) in [5.74, 6) is 0.716. The molecule has 0 heterocycles. The summed E-state index contributed by atoms with van der Waals surface area (Å²) in [5, 5.41) is 0. The summed E-state index contributed by atoms with van der Waals surface area (Å²) in [4.78, 5) is 5.28. The molecule has 0 rings (SSSR count). The lowest BCUT2D eigenvalue weighted by Crippen LogP contribution is -2.51. The Bertz CT molecular complexity index is 234. The summed E-state index contributed by atoms with van der Waals surface area (Å²) in [6, 6.07) is 2.50. The van der Waals surface area contributed by atoms with E-state index in [1.165, 1.54) is 12.5 Å². The molecule has 0 radical (unpaired) electrons. The Labute approximate surface area is 136 Å². The van der Waals surface area contributed by atoms with E-state index in [0.29, 0.717) is 5.79 Å². The van der Waals surface area contributed by atoms with Gasteiger partial charge >= 0.3 is 8.56 Å². The molecule has 0 N–H and O–H groups in total. The van der Waals surface area contributed by atoms with Crippen molar-refractivity contribution in [1.82, 2.24) is 9.80 Å². The van der Waals surface area contributed by atoms with Gasteiger partial charge in [0.15, 0.2) is 0 Å². The maximum absolute atomic E-state index is 5.58. The Kier molecular flexibility index (Phi) is 11.9. The van der Waals surface area contributed by atoms with Crippen molar-refractivity contribution in [2.45, 2.75) is 58.5 Å². The molecule has 0 aromatic heterocycles. The van der Waals surface area contributed by atoms with E-state index in [-0.39, 0.29) is 9.52 Å². The fourth-order valence-electron chi connectivity index (χ4n) is 2.95. The summed E-state index contributed by atoms with van der Waals surface area (Å²) in [6.07, 6.45) is 1.26. The predicted molar refractivity (Wildman–Crippen MR) is 98.0 cm³/mol. The van der Waals surface area contributed by atoms with E-state index in [1.54, 1.807) is 14.2 Å². The highest BCUT2D eigenvalue weighted by atomic mass is 28.4. The Hall–Kier alpha value is 0.274. The normalized spacial score (nSPS) is 13.4. The van der Waals surface area contributed by atoms with Gasteiger partial charge in [-0.3, -0.25) is 9.80 Å². The van der Waals surface area contributed by atoms with E-state index in [9.17, 15) is 0 Å². The van der Waals surface area contributed by atoms with Crippen molar-refractivity contribution in [1.29, 1.82) is 0 Å². The third-order valence-electron chi connectivity index (χ3n) is 4.67. The third-order valence-corrected chi connectivity index (χ3v) is 10.1. The molecule has 0 amide bonds. The highest BCUT2D eigenvalue weighted by Crippen LogP contribution is 2.16. The summed E-state index contributed by atoms with van der Waals surface area (Å²) < 4.78 is 11.2. The van der Waals surface area contributed by atoms with Crippen LogP contribution in [0.1, 0.15) is 34.1 Å². The first-order chi connectivity index (χ1) is 10.0. The topological polar surface area (TPSA) is 24.9 Å². The second-order valence-corrected chi connectivity index (χ2v) is 11.3. The molecule has 0 aliphatic rings. The molecule has 0 aromatic rings. The van der Waals surface area contributed by atoms with Crippen LogP contribution in [0.25, 0.3) is 0 Å². The molecule has 0 atom stereocenters. The van der Waals surface area contributed by atoms with Crippen molar-refractivity contribution in [3.8, 4) is 0 Å². The summed E-state index contributed by atoms with van der Waals surface area (Å²) >= 11 is 0. The number of hydrogen-bond donors (Lipinski definition) is 0. The van der Waals surface area contributed by atoms with Crippen LogP contribution >= 0.6 is 0 Å². The molecule has 0 aromatic carbocycles. The van der Waals surface area contributed by atoms with Crippen molar-refractivity contribution in [2.75, 3.05) is 40.4 Å². The van der Waals surface area contributed by atoms with Crippen LogP contribution in [-0.2, 0) is 8.85 Å². The zero-order valence-electron chi connectivity index (χ0n) is 15.4. The SMILES string of the molecule is CCN(CC)C([SiH2]CCC[Si](C)(OC)OC)N(CC)CC. The molecule has 4 nitrogen and oxygen atoms in total. The van der Waals surface area contributed by atoms with Gasteiger partial charge in [0.1, 0.15) is 0 Å². The molecule has 6 heteroatoms. The van der Waals surface area contributed by atoms with E-state index in [0.717, 1.165) is 32.2 Å². The third kappa shape index (κ3) is 7.39. The lowest BCUT2D eigenvalue weighted by atomic mass is 10.5. The molecule has 0 saturated carbocycles. The van der Waals surface area contributed by atoms with Gasteiger partial charge in [-0.05, 0) is 38.8 Å². The molecular weight excluding hydrogens is 296 g/mol. The van der Waals surface area contributed by atoms with Gasteiger partial charge in [-0.25, -0.2) is 0 Å². The zero-order chi connectivity index (χ0) is 16.3. The zero-order valence-corrected chi connectivity index (χ0v) is 17.9. The van der Waals surface area contributed by atoms with Gasteiger partial charge in [0, 0.05) is 20.0 Å². The fraction of sp³-hybridized carbons (Fsp3) is 1.00. The number of hydrogen-bond acceptors (Lipinski definition) is 4. The Morgan fingerprint density at radius 1 is 0.905 bits per heavy atom. The first-order valence-electron chi connectivity index (χ1n) is 8.60. The first kappa shape index (κ1) is 21.3. The Balaban J connectivity index is 4.42. The second kappa shape index (κ2) is 11.8. The second-order valence-electron chi connectivity index (χ2n) is 5.71. The van der Waals surface area contributed by atoms with Crippen molar-refractivity contribution >= 4 is 18.1 Å². The van der Waals surface area contributed by atoms with Crippen LogP contribution in [0, 0.1) is 0 Å². The van der Waals surface area contributed by atoms with E-state index < -0.39 is 8.56 Å². The van der Waals surface area contributed by atoms with Gasteiger partial charge in [-0.1, -0.05) is 40.2 Å². The van der Waals surface area contributed by atoms with Crippen LogP contribution in [-0.4, -0.2) is 74.1 Å². The summed E-state index contributed by atoms with van der Waals surface area (Å²) in [6.45, 7) is 16.0. The van der Waals surface area contributed by atoms with Gasteiger partial charge in [0.2, 0.25) is 0 Å². The van der Waals surface area contributed by atoms with Crippen LogP contribution in [0.2, 0.25) is 18.6 Å². The Morgan fingerprint density at radius 2 is 1.33 bits per heavy atom. The van der Waals surface area contributed by atoms with Crippen LogP contribution in [0.4, 0.5) is 0 Å². The molecule has 0 aliphatic carbocycles. The van der Waals surface area contributed by atoms with Crippen molar-refractivity contribution in [3.63, 3.8) is 0 Å². The minimum absolute atomic E-state index is 0.135. The largest absolute Gasteiger partial charge is 0.398 e. The summed E-state index contributed by atoms with van der Waals surface area (Å²) in [7, 11) is 1.59. The Morgan fingerprint density at radius 3 is 1.67 bits per heavy atom. The molecule has 0 spiro atoms. The molecular formula is C15H38N2O2Si2.